The van der Waals surface area contributed by atoms with Gasteiger partial charge in [-0.15, -0.1) is 0 Å². The van der Waals surface area contributed by atoms with Gasteiger partial charge >= 0.3 is 5.97 Å². The predicted octanol–water partition coefficient (Wildman–Crippen LogP) is 1.75. The van der Waals surface area contributed by atoms with Crippen LogP contribution in [0.2, 0.25) is 0 Å². The molecule has 1 aromatic heterocycles. The molecule has 18 heavy (non-hydrogen) atoms. The molecular weight excluding hydrogens is 250 g/mol. The van der Waals surface area contributed by atoms with Crippen molar-refractivity contribution in [2.75, 3.05) is 38.6 Å². The minimum atomic E-state index is -0.308. The maximum atomic E-state index is 11.4. The summed E-state index contributed by atoms with van der Waals surface area (Å²) < 4.78 is 4.71. The normalized spacial score (nSPS) is 15.9. The van der Waals surface area contributed by atoms with E-state index >= 15 is 0 Å². The first-order chi connectivity index (χ1) is 8.70. The zero-order valence-corrected chi connectivity index (χ0v) is 11.7. The highest BCUT2D eigenvalue weighted by molar-refractivity contribution is 7.17. The average molecular weight is 269 g/mol. The van der Waals surface area contributed by atoms with Gasteiger partial charge in [0.2, 0.25) is 0 Å². The molecule has 0 bridgehead atoms. The summed E-state index contributed by atoms with van der Waals surface area (Å²) in [6.45, 7) is 6.13. The molecule has 1 saturated heterocycles. The first-order valence-corrected chi connectivity index (χ1v) is 7.04. The molecule has 5 nitrogen and oxygen atoms in total. The molecule has 0 aromatic carbocycles. The molecule has 0 radical (unpaired) electrons. The molecule has 6 heteroatoms. The third-order valence-electron chi connectivity index (χ3n) is 3.07. The Morgan fingerprint density at radius 3 is 2.89 bits per heavy atom. The topological polar surface area (TPSA) is 54.5 Å². The Morgan fingerprint density at radius 1 is 1.50 bits per heavy atom. The second kappa shape index (κ2) is 6.15. The van der Waals surface area contributed by atoms with E-state index in [4.69, 9.17) is 4.74 Å². The first kappa shape index (κ1) is 13.3. The molecule has 100 valence electrons. The number of hydrogen-bond acceptors (Lipinski definition) is 6. The number of hydrogen-bond donors (Lipinski definition) is 1. The van der Waals surface area contributed by atoms with Gasteiger partial charge in [0.1, 0.15) is 4.88 Å². The number of nitrogens with one attached hydrogen (secondary N) is 1. The molecule has 2 rings (SSSR count). The number of aryl methyl sites for hydroxylation is 1. The highest BCUT2D eigenvalue weighted by Crippen LogP contribution is 2.23. The summed E-state index contributed by atoms with van der Waals surface area (Å²) in [6.07, 6.45) is 2.62. The number of anilines is 1. The van der Waals surface area contributed by atoms with Gasteiger partial charge in [-0.1, -0.05) is 11.3 Å². The Labute approximate surface area is 111 Å². The van der Waals surface area contributed by atoms with E-state index in [1.165, 1.54) is 44.4 Å². The van der Waals surface area contributed by atoms with Crippen LogP contribution in [0.4, 0.5) is 5.13 Å². The molecule has 0 saturated carbocycles. The number of esters is 1. The van der Waals surface area contributed by atoms with E-state index in [9.17, 15) is 4.79 Å². The van der Waals surface area contributed by atoms with E-state index in [-0.39, 0.29) is 5.97 Å². The number of aromatic nitrogens is 1. The summed E-state index contributed by atoms with van der Waals surface area (Å²) in [4.78, 5) is 18.8. The van der Waals surface area contributed by atoms with Crippen molar-refractivity contribution in [1.29, 1.82) is 0 Å². The van der Waals surface area contributed by atoms with Crippen LogP contribution in [0.25, 0.3) is 0 Å². The van der Waals surface area contributed by atoms with Crippen LogP contribution in [-0.4, -0.2) is 49.1 Å². The lowest BCUT2D eigenvalue weighted by Crippen LogP contribution is -2.25. The van der Waals surface area contributed by atoms with Gasteiger partial charge in [0.05, 0.1) is 12.8 Å². The van der Waals surface area contributed by atoms with Crippen molar-refractivity contribution in [2.45, 2.75) is 19.8 Å². The van der Waals surface area contributed by atoms with E-state index < -0.39 is 0 Å². The molecule has 1 fully saturated rings. The molecule has 1 N–H and O–H groups in total. The monoisotopic (exact) mass is 269 g/mol. The summed E-state index contributed by atoms with van der Waals surface area (Å²) in [7, 11) is 1.39. The van der Waals surface area contributed by atoms with E-state index in [1.54, 1.807) is 0 Å². The number of likely N-dealkylation sites (tertiary alicyclic amines) is 1. The molecular formula is C12H19N3O2S. The molecule has 2 heterocycles. The maximum absolute atomic E-state index is 11.4. The molecule has 1 aliphatic rings. The standard InChI is InChI=1S/C12H19N3O2S/c1-9-10(11(16)17-2)18-12(14-9)13-5-8-15-6-3-4-7-15/h3-8H2,1-2H3,(H,13,14). The summed E-state index contributed by atoms with van der Waals surface area (Å²) >= 11 is 1.36. The van der Waals surface area contributed by atoms with E-state index in [2.05, 4.69) is 15.2 Å². The van der Waals surface area contributed by atoms with Crippen LogP contribution in [0.5, 0.6) is 0 Å². The van der Waals surface area contributed by atoms with Crippen LogP contribution < -0.4 is 5.32 Å². The van der Waals surface area contributed by atoms with E-state index in [1.807, 2.05) is 6.92 Å². The van der Waals surface area contributed by atoms with Crippen LogP contribution in [-0.2, 0) is 4.74 Å². The highest BCUT2D eigenvalue weighted by atomic mass is 32.1. The zero-order valence-electron chi connectivity index (χ0n) is 10.9. The molecule has 1 aliphatic heterocycles. The summed E-state index contributed by atoms with van der Waals surface area (Å²) in [5, 5.41) is 4.07. The number of methoxy groups -OCH3 is 1. The van der Waals surface area contributed by atoms with Gasteiger partial charge in [-0.05, 0) is 32.9 Å². The fraction of sp³-hybridized carbons (Fsp3) is 0.667. The van der Waals surface area contributed by atoms with Gasteiger partial charge in [-0.3, -0.25) is 0 Å². The smallest absolute Gasteiger partial charge is 0.350 e. The van der Waals surface area contributed by atoms with Crippen LogP contribution in [0, 0.1) is 6.92 Å². The van der Waals surface area contributed by atoms with Crippen molar-refractivity contribution >= 4 is 22.4 Å². The second-order valence-corrected chi connectivity index (χ2v) is 5.40. The van der Waals surface area contributed by atoms with Gasteiger partial charge in [0.25, 0.3) is 0 Å². The number of rotatable bonds is 5. The lowest BCUT2D eigenvalue weighted by molar-refractivity contribution is 0.0605. The summed E-state index contributed by atoms with van der Waals surface area (Å²) in [5.41, 5.74) is 0.732. The summed E-state index contributed by atoms with van der Waals surface area (Å²) in [5.74, 6) is -0.308. The quantitative estimate of drug-likeness (QED) is 0.825. The van der Waals surface area contributed by atoms with Gasteiger partial charge in [-0.2, -0.15) is 0 Å². The number of carbonyl (C=O) groups is 1. The molecule has 0 unspecified atom stereocenters. The zero-order chi connectivity index (χ0) is 13.0. The van der Waals surface area contributed by atoms with Crippen LogP contribution in [0.1, 0.15) is 28.2 Å². The molecule has 0 aliphatic carbocycles. The Kier molecular flexibility index (Phi) is 4.54. The number of nitrogens with zero attached hydrogens (tertiary/aromatic N) is 2. The van der Waals surface area contributed by atoms with Gasteiger partial charge < -0.3 is 15.0 Å². The third kappa shape index (κ3) is 3.20. The maximum Gasteiger partial charge on any atom is 0.350 e. The molecule has 1 aromatic rings. The van der Waals surface area contributed by atoms with Gasteiger partial charge in [-0.25, -0.2) is 9.78 Å². The fourth-order valence-corrected chi connectivity index (χ4v) is 2.99. The van der Waals surface area contributed by atoms with Crippen molar-refractivity contribution in [3.8, 4) is 0 Å². The van der Waals surface area contributed by atoms with E-state index in [0.717, 1.165) is 23.9 Å². The van der Waals surface area contributed by atoms with E-state index in [0.29, 0.717) is 4.88 Å². The lowest BCUT2D eigenvalue weighted by Gasteiger charge is -2.14. The summed E-state index contributed by atoms with van der Waals surface area (Å²) in [6, 6.07) is 0. The molecule has 0 amide bonds. The third-order valence-corrected chi connectivity index (χ3v) is 4.17. The highest BCUT2D eigenvalue weighted by Gasteiger charge is 2.16. The Bertz CT molecular complexity index is 413. The Morgan fingerprint density at radius 2 is 2.22 bits per heavy atom. The van der Waals surface area contributed by atoms with Gasteiger partial charge in [0.15, 0.2) is 5.13 Å². The predicted molar refractivity (Wildman–Crippen MR) is 72.4 cm³/mol. The number of carbonyl (C=O) groups excluding carboxylic acids is 1. The van der Waals surface area contributed by atoms with Crippen LogP contribution >= 0.6 is 11.3 Å². The van der Waals surface area contributed by atoms with Crippen molar-refractivity contribution in [3.05, 3.63) is 10.6 Å². The minimum Gasteiger partial charge on any atom is -0.465 e. The second-order valence-electron chi connectivity index (χ2n) is 4.40. The average Bonchev–Trinajstić information content (AvgIpc) is 2.98. The van der Waals surface area contributed by atoms with Crippen molar-refractivity contribution in [2.24, 2.45) is 0 Å². The Balaban J connectivity index is 1.83. The van der Waals surface area contributed by atoms with Crippen molar-refractivity contribution in [1.82, 2.24) is 9.88 Å². The largest absolute Gasteiger partial charge is 0.465 e. The molecule has 0 spiro atoms. The SMILES string of the molecule is COC(=O)c1sc(NCCN2CCCC2)nc1C. The minimum absolute atomic E-state index is 0.308. The number of ether oxygens (including phenoxy) is 1. The van der Waals surface area contributed by atoms with Crippen LogP contribution in [0.15, 0.2) is 0 Å². The number of thiazole rings is 1. The molecule has 0 atom stereocenters. The Hall–Kier alpha value is -1.14. The van der Waals surface area contributed by atoms with Crippen molar-refractivity contribution in [3.63, 3.8) is 0 Å². The lowest BCUT2D eigenvalue weighted by atomic mass is 10.4. The van der Waals surface area contributed by atoms with Crippen LogP contribution in [0.3, 0.4) is 0 Å². The van der Waals surface area contributed by atoms with Crippen molar-refractivity contribution < 1.29 is 9.53 Å². The first-order valence-electron chi connectivity index (χ1n) is 6.22. The van der Waals surface area contributed by atoms with Gasteiger partial charge in [0, 0.05) is 13.1 Å². The fourth-order valence-electron chi connectivity index (χ4n) is 2.08.